The van der Waals surface area contributed by atoms with Gasteiger partial charge in [-0.15, -0.1) is 0 Å². The van der Waals surface area contributed by atoms with E-state index in [9.17, 15) is 0 Å². The molecule has 1 saturated heterocycles. The fourth-order valence-corrected chi connectivity index (χ4v) is 3.34. The molecule has 0 N–H and O–H groups in total. The molecule has 4 nitrogen and oxygen atoms in total. The van der Waals surface area contributed by atoms with Crippen LogP contribution in [0.25, 0.3) is 10.4 Å². The van der Waals surface area contributed by atoms with Gasteiger partial charge in [-0.1, -0.05) is 65.5 Å². The van der Waals surface area contributed by atoms with E-state index in [4.69, 9.17) is 5.53 Å². The van der Waals surface area contributed by atoms with Crippen molar-refractivity contribution in [1.29, 1.82) is 0 Å². The maximum absolute atomic E-state index is 8.85. The van der Waals surface area contributed by atoms with Gasteiger partial charge in [0, 0.05) is 36.5 Å². The van der Waals surface area contributed by atoms with Crippen molar-refractivity contribution in [2.45, 2.75) is 25.4 Å². The average Bonchev–Trinajstić information content (AvgIpc) is 3.02. The van der Waals surface area contributed by atoms with Crippen LogP contribution >= 0.6 is 0 Å². The standard InChI is InChI=1S/C21H22N4/c22-24-23-21-17-25(15-19-12-5-2-6-13-19)16-20(21)14-8-7-11-18-9-3-1-4-10-18/h1-6,9-10,12-13,20-21H,8,14-17H2/t20-,21+/m0/s1. The van der Waals surface area contributed by atoms with E-state index in [2.05, 4.69) is 51.0 Å². The zero-order valence-electron chi connectivity index (χ0n) is 14.3. The van der Waals surface area contributed by atoms with E-state index in [1.54, 1.807) is 0 Å². The highest BCUT2D eigenvalue weighted by Crippen LogP contribution is 2.25. The van der Waals surface area contributed by atoms with Crippen LogP contribution in [0.3, 0.4) is 0 Å². The van der Waals surface area contributed by atoms with Gasteiger partial charge in [0.05, 0.1) is 6.04 Å². The molecule has 3 rings (SSSR count). The van der Waals surface area contributed by atoms with Crippen LogP contribution in [0, 0.1) is 17.8 Å². The van der Waals surface area contributed by atoms with Crippen molar-refractivity contribution in [2.75, 3.05) is 13.1 Å². The van der Waals surface area contributed by atoms with E-state index in [1.807, 2.05) is 36.4 Å². The Morgan fingerprint density at radius 3 is 2.48 bits per heavy atom. The summed E-state index contributed by atoms with van der Waals surface area (Å²) < 4.78 is 0. The van der Waals surface area contributed by atoms with Crippen molar-refractivity contribution in [3.8, 4) is 11.8 Å². The number of rotatable bonds is 5. The Bertz CT molecular complexity index is 770. The van der Waals surface area contributed by atoms with Crippen LogP contribution in [0.5, 0.6) is 0 Å². The third-order valence-corrected chi connectivity index (χ3v) is 4.58. The molecule has 0 spiro atoms. The minimum atomic E-state index is 0.0484. The fourth-order valence-electron chi connectivity index (χ4n) is 3.34. The number of hydrogen-bond donors (Lipinski definition) is 0. The quantitative estimate of drug-likeness (QED) is 0.341. The second-order valence-electron chi connectivity index (χ2n) is 6.42. The van der Waals surface area contributed by atoms with E-state index in [0.717, 1.165) is 38.0 Å². The second-order valence-corrected chi connectivity index (χ2v) is 6.42. The topological polar surface area (TPSA) is 52.0 Å². The van der Waals surface area contributed by atoms with E-state index >= 15 is 0 Å². The van der Waals surface area contributed by atoms with Gasteiger partial charge in [-0.3, -0.25) is 4.90 Å². The lowest BCUT2D eigenvalue weighted by Crippen LogP contribution is -2.20. The molecule has 1 fully saturated rings. The summed E-state index contributed by atoms with van der Waals surface area (Å²) in [6, 6.07) is 20.5. The zero-order chi connectivity index (χ0) is 17.3. The second kappa shape index (κ2) is 8.94. The molecule has 0 radical (unpaired) electrons. The molecule has 0 amide bonds. The lowest BCUT2D eigenvalue weighted by atomic mass is 9.98. The summed E-state index contributed by atoms with van der Waals surface area (Å²) in [5, 5.41) is 4.02. The average molecular weight is 330 g/mol. The number of azide groups is 1. The molecule has 2 aromatic carbocycles. The molecule has 2 atom stereocenters. The van der Waals surface area contributed by atoms with E-state index in [0.29, 0.717) is 5.92 Å². The fraction of sp³-hybridized carbons (Fsp3) is 0.333. The minimum absolute atomic E-state index is 0.0484. The normalized spacial score (nSPS) is 19.7. The Kier molecular flexibility index (Phi) is 6.11. The molecular formula is C21H22N4. The van der Waals surface area contributed by atoms with Crippen molar-refractivity contribution in [2.24, 2.45) is 11.0 Å². The van der Waals surface area contributed by atoms with Crippen LogP contribution < -0.4 is 0 Å². The Balaban J connectivity index is 1.56. The number of likely N-dealkylation sites (tertiary alicyclic amines) is 1. The maximum atomic E-state index is 8.85. The first-order chi connectivity index (χ1) is 12.3. The van der Waals surface area contributed by atoms with Crippen molar-refractivity contribution >= 4 is 0 Å². The Morgan fingerprint density at radius 2 is 1.76 bits per heavy atom. The molecule has 0 unspecified atom stereocenters. The summed E-state index contributed by atoms with van der Waals surface area (Å²) in [6.07, 6.45) is 1.80. The van der Waals surface area contributed by atoms with Crippen molar-refractivity contribution in [3.05, 3.63) is 82.2 Å². The van der Waals surface area contributed by atoms with Crippen LogP contribution in [0.15, 0.2) is 65.8 Å². The van der Waals surface area contributed by atoms with Gasteiger partial charge in [-0.2, -0.15) is 0 Å². The van der Waals surface area contributed by atoms with Crippen LogP contribution in [0.4, 0.5) is 0 Å². The lowest BCUT2D eigenvalue weighted by Gasteiger charge is -2.15. The van der Waals surface area contributed by atoms with Gasteiger partial charge in [0.15, 0.2) is 0 Å². The summed E-state index contributed by atoms with van der Waals surface area (Å²) in [6.45, 7) is 2.70. The first kappa shape index (κ1) is 17.1. The molecule has 126 valence electrons. The molecule has 25 heavy (non-hydrogen) atoms. The van der Waals surface area contributed by atoms with E-state index in [-0.39, 0.29) is 6.04 Å². The van der Waals surface area contributed by atoms with E-state index < -0.39 is 0 Å². The van der Waals surface area contributed by atoms with Crippen molar-refractivity contribution < 1.29 is 0 Å². The molecule has 0 aliphatic carbocycles. The zero-order valence-corrected chi connectivity index (χ0v) is 14.3. The highest BCUT2D eigenvalue weighted by molar-refractivity contribution is 5.33. The van der Waals surface area contributed by atoms with Gasteiger partial charge in [-0.05, 0) is 35.6 Å². The number of hydrogen-bond acceptors (Lipinski definition) is 2. The molecule has 1 aliphatic rings. The van der Waals surface area contributed by atoms with Gasteiger partial charge in [0.1, 0.15) is 0 Å². The van der Waals surface area contributed by atoms with Gasteiger partial charge in [0.2, 0.25) is 0 Å². The Labute approximate surface area is 149 Å². The summed E-state index contributed by atoms with van der Waals surface area (Å²) in [5.41, 5.74) is 11.2. The predicted octanol–water partition coefficient (Wildman–Crippen LogP) is 4.63. The minimum Gasteiger partial charge on any atom is -0.298 e. The molecular weight excluding hydrogens is 308 g/mol. The van der Waals surface area contributed by atoms with E-state index in [1.165, 1.54) is 5.56 Å². The molecule has 2 aromatic rings. The van der Waals surface area contributed by atoms with Crippen molar-refractivity contribution in [3.63, 3.8) is 0 Å². The Hall–Kier alpha value is -2.73. The Morgan fingerprint density at radius 1 is 1.04 bits per heavy atom. The molecule has 1 heterocycles. The number of nitrogens with zero attached hydrogens (tertiary/aromatic N) is 4. The smallest absolute Gasteiger partial charge is 0.0542 e. The molecule has 0 bridgehead atoms. The maximum Gasteiger partial charge on any atom is 0.0542 e. The van der Waals surface area contributed by atoms with Gasteiger partial charge >= 0.3 is 0 Å². The van der Waals surface area contributed by atoms with Gasteiger partial charge in [0.25, 0.3) is 0 Å². The number of benzene rings is 2. The highest BCUT2D eigenvalue weighted by atomic mass is 15.2. The summed E-state index contributed by atoms with van der Waals surface area (Å²) in [5.74, 6) is 6.83. The van der Waals surface area contributed by atoms with Crippen LogP contribution in [0.1, 0.15) is 24.0 Å². The summed E-state index contributed by atoms with van der Waals surface area (Å²) in [7, 11) is 0. The first-order valence-corrected chi connectivity index (χ1v) is 8.69. The SMILES string of the molecule is [N-]=[N+]=N[C@@H]1CN(Cc2ccccc2)C[C@@H]1CCC#Cc1ccccc1. The van der Waals surface area contributed by atoms with Gasteiger partial charge in [-0.25, -0.2) is 0 Å². The first-order valence-electron chi connectivity index (χ1n) is 8.69. The van der Waals surface area contributed by atoms with Gasteiger partial charge < -0.3 is 0 Å². The third-order valence-electron chi connectivity index (χ3n) is 4.58. The van der Waals surface area contributed by atoms with Crippen LogP contribution in [-0.4, -0.2) is 24.0 Å². The molecule has 0 aromatic heterocycles. The monoisotopic (exact) mass is 330 g/mol. The predicted molar refractivity (Wildman–Crippen MR) is 101 cm³/mol. The lowest BCUT2D eigenvalue weighted by molar-refractivity contribution is 0.313. The summed E-state index contributed by atoms with van der Waals surface area (Å²) >= 11 is 0. The molecule has 1 aliphatic heterocycles. The van der Waals surface area contributed by atoms with Crippen LogP contribution in [-0.2, 0) is 6.54 Å². The largest absolute Gasteiger partial charge is 0.298 e. The molecule has 0 saturated carbocycles. The highest BCUT2D eigenvalue weighted by Gasteiger charge is 2.31. The van der Waals surface area contributed by atoms with Crippen LogP contribution in [0.2, 0.25) is 0 Å². The van der Waals surface area contributed by atoms with Crippen molar-refractivity contribution in [1.82, 2.24) is 4.90 Å². The third kappa shape index (κ3) is 5.12. The molecule has 4 heteroatoms. The summed E-state index contributed by atoms with van der Waals surface area (Å²) in [4.78, 5) is 5.43.